The lowest BCUT2D eigenvalue weighted by atomic mass is 10.2. The molecule has 2 aromatic rings. The van der Waals surface area contributed by atoms with Gasteiger partial charge in [-0.1, -0.05) is 18.2 Å². The van der Waals surface area contributed by atoms with Crippen molar-refractivity contribution in [1.29, 1.82) is 0 Å². The van der Waals surface area contributed by atoms with Gasteiger partial charge < -0.3 is 9.47 Å². The van der Waals surface area contributed by atoms with Crippen LogP contribution < -0.4 is 9.47 Å². The molecule has 0 atom stereocenters. The number of rotatable bonds is 3. The second-order valence-electron chi connectivity index (χ2n) is 3.12. The minimum atomic E-state index is 0.605. The van der Waals surface area contributed by atoms with Gasteiger partial charge >= 0.3 is 0 Å². The summed E-state index contributed by atoms with van der Waals surface area (Å²) in [5.41, 5.74) is 0. The topological polar surface area (TPSA) is 31.4 Å². The molecule has 3 nitrogen and oxygen atoms in total. The summed E-state index contributed by atoms with van der Waals surface area (Å²) in [6, 6.07) is 9.87. The van der Waals surface area contributed by atoms with E-state index < -0.39 is 0 Å². The zero-order valence-corrected chi connectivity index (χ0v) is 8.86. The zero-order valence-electron chi connectivity index (χ0n) is 8.86. The molecule has 0 saturated heterocycles. The number of ether oxygens (including phenoxy) is 2. The van der Waals surface area contributed by atoms with Gasteiger partial charge in [-0.2, -0.15) is 4.98 Å². The molecule has 0 spiro atoms. The van der Waals surface area contributed by atoms with Crippen LogP contribution in [0.4, 0.5) is 0 Å². The first kappa shape index (κ1) is 9.77. The average molecular weight is 203 g/mol. The fourth-order valence-electron chi connectivity index (χ4n) is 1.52. The first-order valence-corrected chi connectivity index (χ1v) is 4.91. The quantitative estimate of drug-likeness (QED) is 0.768. The van der Waals surface area contributed by atoms with Crippen LogP contribution in [0.1, 0.15) is 6.92 Å². The second kappa shape index (κ2) is 4.17. The van der Waals surface area contributed by atoms with Gasteiger partial charge in [0.05, 0.1) is 13.7 Å². The van der Waals surface area contributed by atoms with E-state index in [4.69, 9.17) is 9.47 Å². The lowest BCUT2D eigenvalue weighted by Crippen LogP contribution is -1.97. The molecule has 2 rings (SSSR count). The van der Waals surface area contributed by atoms with Gasteiger partial charge in [0.1, 0.15) is 0 Å². The Balaban J connectivity index is 2.60. The Morgan fingerprint density at radius 1 is 1.27 bits per heavy atom. The first-order chi connectivity index (χ1) is 7.35. The van der Waals surface area contributed by atoms with Crippen molar-refractivity contribution in [3.05, 3.63) is 30.3 Å². The highest BCUT2D eigenvalue weighted by Gasteiger charge is 2.05. The molecule has 1 aromatic heterocycles. The third kappa shape index (κ3) is 1.86. The van der Waals surface area contributed by atoms with Crippen LogP contribution >= 0.6 is 0 Å². The number of nitrogens with zero attached hydrogens (tertiary/aromatic N) is 1. The Kier molecular flexibility index (Phi) is 2.72. The molecule has 0 amide bonds. The molecule has 1 heterocycles. The van der Waals surface area contributed by atoms with Crippen LogP contribution in [0.25, 0.3) is 10.8 Å². The van der Waals surface area contributed by atoms with Crippen LogP contribution in [0.2, 0.25) is 0 Å². The van der Waals surface area contributed by atoms with Crippen molar-refractivity contribution >= 4 is 10.8 Å². The fraction of sp³-hybridized carbons (Fsp3) is 0.250. The van der Waals surface area contributed by atoms with E-state index >= 15 is 0 Å². The number of pyridine rings is 1. The molecule has 0 unspecified atom stereocenters. The summed E-state index contributed by atoms with van der Waals surface area (Å²) >= 11 is 0. The van der Waals surface area contributed by atoms with E-state index in [1.807, 2.05) is 37.3 Å². The third-order valence-corrected chi connectivity index (χ3v) is 2.17. The van der Waals surface area contributed by atoms with Crippen LogP contribution in [0, 0.1) is 0 Å². The minimum Gasteiger partial charge on any atom is -0.480 e. The summed E-state index contributed by atoms with van der Waals surface area (Å²) in [7, 11) is 1.62. The van der Waals surface area contributed by atoms with E-state index in [0.717, 1.165) is 10.8 Å². The van der Waals surface area contributed by atoms with Crippen LogP contribution in [0.15, 0.2) is 30.3 Å². The SMILES string of the molecule is CCOc1cc2ccccc2c(OC)n1. The molecule has 0 fully saturated rings. The Bertz CT molecular complexity index is 468. The maximum atomic E-state index is 5.37. The molecule has 0 aliphatic heterocycles. The monoisotopic (exact) mass is 203 g/mol. The van der Waals surface area contributed by atoms with Crippen molar-refractivity contribution in [1.82, 2.24) is 4.98 Å². The van der Waals surface area contributed by atoms with Gasteiger partial charge in [0.15, 0.2) is 0 Å². The predicted octanol–water partition coefficient (Wildman–Crippen LogP) is 2.64. The first-order valence-electron chi connectivity index (χ1n) is 4.91. The molecule has 0 saturated carbocycles. The summed E-state index contributed by atoms with van der Waals surface area (Å²) < 4.78 is 10.6. The molecule has 1 aromatic carbocycles. The molecule has 0 radical (unpaired) electrons. The third-order valence-electron chi connectivity index (χ3n) is 2.17. The molecule has 0 bridgehead atoms. The van der Waals surface area contributed by atoms with E-state index in [1.54, 1.807) is 7.11 Å². The fourth-order valence-corrected chi connectivity index (χ4v) is 1.52. The van der Waals surface area contributed by atoms with Crippen LogP contribution in [-0.4, -0.2) is 18.7 Å². The van der Waals surface area contributed by atoms with Gasteiger partial charge in [-0.15, -0.1) is 0 Å². The molecule has 3 heteroatoms. The van der Waals surface area contributed by atoms with Crippen molar-refractivity contribution in [2.75, 3.05) is 13.7 Å². The summed E-state index contributed by atoms with van der Waals surface area (Å²) in [5.74, 6) is 1.21. The molecule has 15 heavy (non-hydrogen) atoms. The maximum absolute atomic E-state index is 5.37. The highest BCUT2D eigenvalue weighted by atomic mass is 16.5. The predicted molar refractivity (Wildman–Crippen MR) is 59.5 cm³/mol. The van der Waals surface area contributed by atoms with E-state index in [9.17, 15) is 0 Å². The summed E-state index contributed by atoms with van der Waals surface area (Å²) in [4.78, 5) is 4.26. The molecular weight excluding hydrogens is 190 g/mol. The van der Waals surface area contributed by atoms with E-state index in [1.165, 1.54) is 0 Å². The molecule has 0 aliphatic carbocycles. The van der Waals surface area contributed by atoms with Crippen molar-refractivity contribution < 1.29 is 9.47 Å². The minimum absolute atomic E-state index is 0.605. The largest absolute Gasteiger partial charge is 0.480 e. The Labute approximate surface area is 88.7 Å². The molecule has 78 valence electrons. The summed E-state index contributed by atoms with van der Waals surface area (Å²) in [6.07, 6.45) is 0. The number of fused-ring (bicyclic) bond motifs is 1. The zero-order chi connectivity index (χ0) is 10.7. The van der Waals surface area contributed by atoms with Crippen molar-refractivity contribution in [3.8, 4) is 11.8 Å². The van der Waals surface area contributed by atoms with Crippen molar-refractivity contribution in [2.24, 2.45) is 0 Å². The number of hydrogen-bond donors (Lipinski definition) is 0. The highest BCUT2D eigenvalue weighted by Crippen LogP contribution is 2.26. The number of aromatic nitrogens is 1. The Hall–Kier alpha value is -1.77. The van der Waals surface area contributed by atoms with Gasteiger partial charge in [0.2, 0.25) is 11.8 Å². The van der Waals surface area contributed by atoms with Crippen molar-refractivity contribution in [2.45, 2.75) is 6.92 Å². The second-order valence-corrected chi connectivity index (χ2v) is 3.12. The van der Waals surface area contributed by atoms with Gasteiger partial charge in [-0.3, -0.25) is 0 Å². The number of methoxy groups -OCH3 is 1. The van der Waals surface area contributed by atoms with Crippen molar-refractivity contribution in [3.63, 3.8) is 0 Å². The normalized spacial score (nSPS) is 10.3. The number of hydrogen-bond acceptors (Lipinski definition) is 3. The van der Waals surface area contributed by atoms with E-state index in [2.05, 4.69) is 4.98 Å². The van der Waals surface area contributed by atoms with Gasteiger partial charge in [-0.05, 0) is 18.4 Å². The Morgan fingerprint density at radius 3 is 2.80 bits per heavy atom. The molecule has 0 N–H and O–H groups in total. The van der Waals surface area contributed by atoms with Gasteiger partial charge in [-0.25, -0.2) is 0 Å². The standard InChI is InChI=1S/C12H13NO2/c1-3-15-11-8-9-6-4-5-7-10(9)12(13-11)14-2/h4-8H,3H2,1-2H3. The van der Waals surface area contributed by atoms with Gasteiger partial charge in [0.25, 0.3) is 0 Å². The lowest BCUT2D eigenvalue weighted by Gasteiger charge is -2.07. The van der Waals surface area contributed by atoms with Crippen LogP contribution in [0.5, 0.6) is 11.8 Å². The van der Waals surface area contributed by atoms with Crippen LogP contribution in [-0.2, 0) is 0 Å². The van der Waals surface area contributed by atoms with Gasteiger partial charge in [0, 0.05) is 11.5 Å². The van der Waals surface area contributed by atoms with E-state index in [0.29, 0.717) is 18.4 Å². The summed E-state index contributed by atoms with van der Waals surface area (Å²) in [6.45, 7) is 2.54. The Morgan fingerprint density at radius 2 is 2.07 bits per heavy atom. The lowest BCUT2D eigenvalue weighted by molar-refractivity contribution is 0.318. The smallest absolute Gasteiger partial charge is 0.224 e. The highest BCUT2D eigenvalue weighted by molar-refractivity contribution is 5.87. The van der Waals surface area contributed by atoms with E-state index in [-0.39, 0.29) is 0 Å². The van der Waals surface area contributed by atoms with Crippen LogP contribution in [0.3, 0.4) is 0 Å². The molecule has 0 aliphatic rings. The maximum Gasteiger partial charge on any atom is 0.224 e. The number of benzene rings is 1. The molecular formula is C12H13NO2. The average Bonchev–Trinajstić information content (AvgIpc) is 2.28. The summed E-state index contributed by atoms with van der Waals surface area (Å²) in [5, 5.41) is 2.08.